The van der Waals surface area contributed by atoms with E-state index in [1.165, 1.54) is 25.7 Å². The smallest absolute Gasteiger partial charge is 0.236 e. The first-order valence-electron chi connectivity index (χ1n) is 7.21. The first-order valence-corrected chi connectivity index (χ1v) is 9.27. The molecule has 0 saturated heterocycles. The summed E-state index contributed by atoms with van der Waals surface area (Å²) < 4.78 is 22.0. The molecule has 7 heteroatoms. The minimum absolute atomic E-state index is 0.0520. The molecule has 6 nitrogen and oxygen atoms in total. The molecule has 1 fully saturated rings. The second-order valence-electron chi connectivity index (χ2n) is 5.73. The SMILES string of the molecule is CN(CCNC(=O)C(N)CCS(C)(=O)=O)C1CCCC1. The Balaban J connectivity index is 2.18. The zero-order chi connectivity index (χ0) is 15.2. The van der Waals surface area contributed by atoms with Crippen molar-refractivity contribution in [3.8, 4) is 0 Å². The summed E-state index contributed by atoms with van der Waals surface area (Å²) in [4.78, 5) is 14.0. The number of nitrogens with zero attached hydrogens (tertiary/aromatic N) is 1. The fourth-order valence-electron chi connectivity index (χ4n) is 2.49. The number of amides is 1. The highest BCUT2D eigenvalue weighted by molar-refractivity contribution is 7.90. The van der Waals surface area contributed by atoms with Gasteiger partial charge in [-0.3, -0.25) is 4.79 Å². The highest BCUT2D eigenvalue weighted by atomic mass is 32.2. The minimum Gasteiger partial charge on any atom is -0.353 e. The van der Waals surface area contributed by atoms with E-state index in [1.54, 1.807) is 0 Å². The molecule has 0 bridgehead atoms. The van der Waals surface area contributed by atoms with Crippen molar-refractivity contribution in [1.29, 1.82) is 0 Å². The van der Waals surface area contributed by atoms with Crippen molar-refractivity contribution < 1.29 is 13.2 Å². The van der Waals surface area contributed by atoms with Crippen LogP contribution in [0.2, 0.25) is 0 Å². The van der Waals surface area contributed by atoms with Crippen molar-refractivity contribution in [3.05, 3.63) is 0 Å². The van der Waals surface area contributed by atoms with Crippen LogP contribution < -0.4 is 11.1 Å². The number of carbonyl (C=O) groups excluding carboxylic acids is 1. The second-order valence-corrected chi connectivity index (χ2v) is 7.99. The van der Waals surface area contributed by atoms with E-state index < -0.39 is 15.9 Å². The van der Waals surface area contributed by atoms with Gasteiger partial charge in [-0.2, -0.15) is 0 Å². The standard InChI is InChI=1S/C13H27N3O3S/c1-16(11-5-3-4-6-11)9-8-15-13(17)12(14)7-10-20(2,18)19/h11-12H,3-10,14H2,1-2H3,(H,15,17). The molecule has 0 spiro atoms. The Hall–Kier alpha value is -0.660. The quantitative estimate of drug-likeness (QED) is 0.644. The van der Waals surface area contributed by atoms with Crippen LogP contribution in [0.3, 0.4) is 0 Å². The van der Waals surface area contributed by atoms with E-state index >= 15 is 0 Å². The average molecular weight is 305 g/mol. The molecule has 0 radical (unpaired) electrons. The lowest BCUT2D eigenvalue weighted by Gasteiger charge is -2.24. The fourth-order valence-corrected chi connectivity index (χ4v) is 3.17. The number of carbonyl (C=O) groups is 1. The van der Waals surface area contributed by atoms with Crippen molar-refractivity contribution in [2.24, 2.45) is 5.73 Å². The third-order valence-electron chi connectivity index (χ3n) is 3.85. The van der Waals surface area contributed by atoms with Crippen LogP contribution in [0.25, 0.3) is 0 Å². The molecule has 1 saturated carbocycles. The lowest BCUT2D eigenvalue weighted by Crippen LogP contribution is -2.44. The minimum atomic E-state index is -3.07. The average Bonchev–Trinajstić information content (AvgIpc) is 2.88. The molecule has 0 aromatic carbocycles. The lowest BCUT2D eigenvalue weighted by molar-refractivity contribution is -0.122. The fraction of sp³-hybridized carbons (Fsp3) is 0.923. The molecule has 0 aliphatic heterocycles. The maximum atomic E-state index is 11.7. The van der Waals surface area contributed by atoms with Crippen LogP contribution in [0.1, 0.15) is 32.1 Å². The molecule has 0 heterocycles. The highest BCUT2D eigenvalue weighted by Gasteiger charge is 2.20. The van der Waals surface area contributed by atoms with Gasteiger partial charge in [0.1, 0.15) is 9.84 Å². The molecule has 1 aliphatic rings. The van der Waals surface area contributed by atoms with E-state index in [-0.39, 0.29) is 18.1 Å². The summed E-state index contributed by atoms with van der Waals surface area (Å²) in [5.74, 6) is -0.322. The Labute approximate surface area is 122 Å². The third-order valence-corrected chi connectivity index (χ3v) is 4.83. The molecule has 0 aromatic rings. The molecule has 20 heavy (non-hydrogen) atoms. The summed E-state index contributed by atoms with van der Waals surface area (Å²) >= 11 is 0. The molecular weight excluding hydrogens is 278 g/mol. The van der Waals surface area contributed by atoms with E-state index in [0.717, 1.165) is 12.8 Å². The van der Waals surface area contributed by atoms with Crippen LogP contribution in [0.5, 0.6) is 0 Å². The molecule has 1 rings (SSSR count). The van der Waals surface area contributed by atoms with Crippen LogP contribution in [0.15, 0.2) is 0 Å². The summed E-state index contributed by atoms with van der Waals surface area (Å²) in [5.41, 5.74) is 5.67. The molecule has 1 unspecified atom stereocenters. The molecule has 3 N–H and O–H groups in total. The number of hydrogen-bond acceptors (Lipinski definition) is 5. The van der Waals surface area contributed by atoms with Crippen LogP contribution >= 0.6 is 0 Å². The molecule has 1 amide bonds. The maximum absolute atomic E-state index is 11.7. The van der Waals surface area contributed by atoms with Gasteiger partial charge in [-0.15, -0.1) is 0 Å². The summed E-state index contributed by atoms with van der Waals surface area (Å²) in [6.45, 7) is 1.35. The molecule has 118 valence electrons. The first kappa shape index (κ1) is 17.4. The van der Waals surface area contributed by atoms with Gasteiger partial charge in [0.15, 0.2) is 0 Å². The van der Waals surface area contributed by atoms with Gasteiger partial charge >= 0.3 is 0 Å². The first-order chi connectivity index (χ1) is 9.29. The number of nitrogens with one attached hydrogen (secondary N) is 1. The van der Waals surface area contributed by atoms with E-state index in [2.05, 4.69) is 17.3 Å². The molecular formula is C13H27N3O3S. The molecule has 1 aliphatic carbocycles. The highest BCUT2D eigenvalue weighted by Crippen LogP contribution is 2.21. The van der Waals surface area contributed by atoms with Crippen LogP contribution in [0.4, 0.5) is 0 Å². The van der Waals surface area contributed by atoms with E-state index in [1.807, 2.05) is 0 Å². The van der Waals surface area contributed by atoms with Crippen molar-refractivity contribution in [3.63, 3.8) is 0 Å². The number of rotatable bonds is 8. The van der Waals surface area contributed by atoms with Crippen molar-refractivity contribution in [1.82, 2.24) is 10.2 Å². The zero-order valence-electron chi connectivity index (χ0n) is 12.5. The number of sulfone groups is 1. The van der Waals surface area contributed by atoms with Crippen molar-refractivity contribution in [2.75, 3.05) is 32.1 Å². The van der Waals surface area contributed by atoms with Gasteiger partial charge in [0.2, 0.25) is 5.91 Å². The Kier molecular flexibility index (Phi) is 6.91. The van der Waals surface area contributed by atoms with Gasteiger partial charge in [0, 0.05) is 25.4 Å². The summed E-state index contributed by atoms with van der Waals surface area (Å²) in [7, 11) is -0.991. The Morgan fingerprint density at radius 2 is 2.00 bits per heavy atom. The number of likely N-dealkylation sites (N-methyl/N-ethyl adjacent to an activating group) is 1. The van der Waals surface area contributed by atoms with E-state index in [4.69, 9.17) is 5.73 Å². The van der Waals surface area contributed by atoms with E-state index in [9.17, 15) is 13.2 Å². The summed E-state index contributed by atoms with van der Waals surface area (Å²) in [5, 5.41) is 2.77. The molecule has 1 atom stereocenters. The predicted octanol–water partition coefficient (Wildman–Crippen LogP) is -0.261. The van der Waals surface area contributed by atoms with Crippen LogP contribution in [0, 0.1) is 0 Å². The van der Waals surface area contributed by atoms with Gasteiger partial charge in [0.25, 0.3) is 0 Å². The second kappa shape index (κ2) is 7.95. The Bertz CT molecular complexity index is 405. The topological polar surface area (TPSA) is 92.5 Å². The van der Waals surface area contributed by atoms with Gasteiger partial charge in [-0.05, 0) is 26.3 Å². The normalized spacial score (nSPS) is 18.4. The summed E-state index contributed by atoms with van der Waals surface area (Å²) in [6.07, 6.45) is 6.36. The van der Waals surface area contributed by atoms with Crippen LogP contribution in [-0.4, -0.2) is 63.5 Å². The predicted molar refractivity (Wildman–Crippen MR) is 80.2 cm³/mol. The maximum Gasteiger partial charge on any atom is 0.236 e. The number of nitrogens with two attached hydrogens (primary N) is 1. The van der Waals surface area contributed by atoms with Gasteiger partial charge < -0.3 is 16.0 Å². The van der Waals surface area contributed by atoms with E-state index in [0.29, 0.717) is 12.6 Å². The zero-order valence-corrected chi connectivity index (χ0v) is 13.3. The largest absolute Gasteiger partial charge is 0.353 e. The Morgan fingerprint density at radius 1 is 1.40 bits per heavy atom. The molecule has 0 aromatic heterocycles. The third kappa shape index (κ3) is 6.67. The summed E-state index contributed by atoms with van der Waals surface area (Å²) in [6, 6.07) is -0.118. The van der Waals surface area contributed by atoms with Crippen LogP contribution in [-0.2, 0) is 14.6 Å². The van der Waals surface area contributed by atoms with Crippen molar-refractivity contribution >= 4 is 15.7 Å². The monoisotopic (exact) mass is 305 g/mol. The van der Waals surface area contributed by atoms with Crippen molar-refractivity contribution in [2.45, 2.75) is 44.2 Å². The Morgan fingerprint density at radius 3 is 2.55 bits per heavy atom. The van der Waals surface area contributed by atoms with Gasteiger partial charge in [-0.25, -0.2) is 8.42 Å². The van der Waals surface area contributed by atoms with Gasteiger partial charge in [0.05, 0.1) is 11.8 Å². The lowest BCUT2D eigenvalue weighted by atomic mass is 10.2. The number of hydrogen-bond donors (Lipinski definition) is 2. The van der Waals surface area contributed by atoms with Gasteiger partial charge in [-0.1, -0.05) is 12.8 Å².